The van der Waals surface area contributed by atoms with E-state index in [0.717, 1.165) is 11.1 Å². The van der Waals surface area contributed by atoms with E-state index in [-0.39, 0.29) is 5.41 Å². The Balaban J connectivity index is 3.16. The Bertz CT molecular complexity index is 293. The summed E-state index contributed by atoms with van der Waals surface area (Å²) in [6.07, 6.45) is 1.76. The topological polar surface area (TPSA) is 37.3 Å². The molecular weight excluding hydrogens is 152 g/mol. The molecule has 1 N–H and O–H groups in total. The van der Waals surface area contributed by atoms with Crippen molar-refractivity contribution in [1.29, 1.82) is 0 Å². The molecule has 0 amide bonds. The minimum Gasteiger partial charge on any atom is -0.478 e. The number of rotatable bonds is 1. The first kappa shape index (κ1) is 9.04. The maximum Gasteiger partial charge on any atom is 0.332 e. The van der Waals surface area contributed by atoms with Gasteiger partial charge in [0.2, 0.25) is 0 Å². The van der Waals surface area contributed by atoms with E-state index < -0.39 is 5.97 Å². The lowest BCUT2D eigenvalue weighted by molar-refractivity contribution is -0.133. The first-order valence-electron chi connectivity index (χ1n) is 4.01. The molecule has 0 aromatic rings. The van der Waals surface area contributed by atoms with E-state index in [0.29, 0.717) is 5.57 Å². The van der Waals surface area contributed by atoms with E-state index in [1.807, 2.05) is 27.7 Å². The molecule has 1 aliphatic rings. The van der Waals surface area contributed by atoms with Gasteiger partial charge in [-0.05, 0) is 19.9 Å². The lowest BCUT2D eigenvalue weighted by Crippen LogP contribution is -2.19. The first-order valence-corrected chi connectivity index (χ1v) is 4.01. The van der Waals surface area contributed by atoms with Crippen LogP contribution >= 0.6 is 0 Å². The zero-order chi connectivity index (χ0) is 9.52. The highest BCUT2D eigenvalue weighted by Crippen LogP contribution is 2.42. The summed E-state index contributed by atoms with van der Waals surface area (Å²) in [6, 6.07) is 0. The van der Waals surface area contributed by atoms with Crippen LogP contribution in [-0.4, -0.2) is 11.1 Å². The smallest absolute Gasteiger partial charge is 0.332 e. The Kier molecular flexibility index (Phi) is 1.86. The zero-order valence-corrected chi connectivity index (χ0v) is 7.93. The molecule has 0 aliphatic heterocycles. The predicted octanol–water partition coefficient (Wildman–Crippen LogP) is 2.37. The first-order chi connectivity index (χ1) is 5.37. The molecule has 0 unspecified atom stereocenters. The van der Waals surface area contributed by atoms with Crippen molar-refractivity contribution in [3.63, 3.8) is 0 Å². The molecule has 0 fully saturated rings. The van der Waals surface area contributed by atoms with Crippen LogP contribution in [0.5, 0.6) is 0 Å². The molecular formula is C10H14O2. The molecule has 0 heterocycles. The van der Waals surface area contributed by atoms with E-state index in [2.05, 4.69) is 0 Å². The largest absolute Gasteiger partial charge is 0.478 e. The standard InChI is InChI=1S/C10H14O2/c1-6-5-8(9(11)12)10(3,4)7(6)2/h5H,1-4H3,(H,11,12). The van der Waals surface area contributed by atoms with E-state index in [1.165, 1.54) is 0 Å². The fourth-order valence-corrected chi connectivity index (χ4v) is 1.53. The molecule has 1 rings (SSSR count). The van der Waals surface area contributed by atoms with Crippen molar-refractivity contribution >= 4 is 5.97 Å². The lowest BCUT2D eigenvalue weighted by Gasteiger charge is -2.22. The SMILES string of the molecule is CC1=C(C)C(C)(C)C(C(=O)O)=C1. The Morgan fingerprint density at radius 1 is 1.42 bits per heavy atom. The van der Waals surface area contributed by atoms with Crippen molar-refractivity contribution in [2.75, 3.05) is 0 Å². The summed E-state index contributed by atoms with van der Waals surface area (Å²) < 4.78 is 0. The number of carbonyl (C=O) groups is 1. The summed E-state index contributed by atoms with van der Waals surface area (Å²) in [4.78, 5) is 10.8. The minimum absolute atomic E-state index is 0.296. The van der Waals surface area contributed by atoms with Crippen LogP contribution in [0.3, 0.4) is 0 Å². The van der Waals surface area contributed by atoms with Gasteiger partial charge in [0.15, 0.2) is 0 Å². The van der Waals surface area contributed by atoms with E-state index >= 15 is 0 Å². The maximum atomic E-state index is 10.8. The van der Waals surface area contributed by atoms with Crippen LogP contribution in [-0.2, 0) is 4.79 Å². The second kappa shape index (κ2) is 2.47. The summed E-state index contributed by atoms with van der Waals surface area (Å²) in [5.74, 6) is -0.809. The minimum atomic E-state index is -0.809. The molecule has 12 heavy (non-hydrogen) atoms. The number of allylic oxidation sites excluding steroid dienone is 3. The van der Waals surface area contributed by atoms with E-state index in [9.17, 15) is 4.79 Å². The monoisotopic (exact) mass is 166 g/mol. The van der Waals surface area contributed by atoms with E-state index in [4.69, 9.17) is 5.11 Å². The Morgan fingerprint density at radius 2 is 1.92 bits per heavy atom. The van der Waals surface area contributed by atoms with Crippen molar-refractivity contribution in [2.45, 2.75) is 27.7 Å². The molecule has 0 aromatic carbocycles. The second-order valence-electron chi connectivity index (χ2n) is 3.80. The van der Waals surface area contributed by atoms with Crippen molar-refractivity contribution in [2.24, 2.45) is 5.41 Å². The third-order valence-corrected chi connectivity index (χ3v) is 2.79. The van der Waals surface area contributed by atoms with Gasteiger partial charge in [-0.25, -0.2) is 4.79 Å². The highest BCUT2D eigenvalue weighted by Gasteiger charge is 2.34. The van der Waals surface area contributed by atoms with Crippen LogP contribution in [0.25, 0.3) is 0 Å². The number of aliphatic carboxylic acids is 1. The summed E-state index contributed by atoms with van der Waals surface area (Å²) in [5.41, 5.74) is 2.44. The van der Waals surface area contributed by atoms with E-state index in [1.54, 1.807) is 6.08 Å². The van der Waals surface area contributed by atoms with Gasteiger partial charge in [0, 0.05) is 11.0 Å². The lowest BCUT2D eigenvalue weighted by atomic mass is 9.81. The third-order valence-electron chi connectivity index (χ3n) is 2.79. The fourth-order valence-electron chi connectivity index (χ4n) is 1.53. The average molecular weight is 166 g/mol. The third kappa shape index (κ3) is 1.07. The molecule has 0 radical (unpaired) electrons. The molecule has 0 atom stereocenters. The van der Waals surface area contributed by atoms with Gasteiger partial charge in [-0.2, -0.15) is 0 Å². The Labute approximate surface area is 72.6 Å². The van der Waals surface area contributed by atoms with Gasteiger partial charge in [0.25, 0.3) is 0 Å². The molecule has 0 bridgehead atoms. The van der Waals surface area contributed by atoms with Crippen LogP contribution in [0.15, 0.2) is 22.8 Å². The number of hydrogen-bond donors (Lipinski definition) is 1. The molecule has 0 saturated carbocycles. The molecule has 0 spiro atoms. The molecule has 2 nitrogen and oxygen atoms in total. The number of carboxylic acid groups (broad SMARTS) is 1. The van der Waals surface area contributed by atoms with Gasteiger partial charge in [-0.1, -0.05) is 25.0 Å². The summed E-state index contributed by atoms with van der Waals surface area (Å²) in [5, 5.41) is 8.89. The Morgan fingerprint density at radius 3 is 2.08 bits per heavy atom. The van der Waals surface area contributed by atoms with Crippen LogP contribution in [0.4, 0.5) is 0 Å². The van der Waals surface area contributed by atoms with Crippen LogP contribution in [0, 0.1) is 5.41 Å². The predicted molar refractivity (Wildman–Crippen MR) is 47.9 cm³/mol. The van der Waals surface area contributed by atoms with Gasteiger partial charge in [0.1, 0.15) is 0 Å². The fraction of sp³-hybridized carbons (Fsp3) is 0.500. The van der Waals surface area contributed by atoms with Gasteiger partial charge in [-0.3, -0.25) is 0 Å². The molecule has 0 saturated heterocycles. The summed E-state index contributed by atoms with van der Waals surface area (Å²) in [7, 11) is 0. The van der Waals surface area contributed by atoms with Gasteiger partial charge in [0.05, 0.1) is 0 Å². The number of carboxylic acids is 1. The van der Waals surface area contributed by atoms with Crippen molar-refractivity contribution in [3.05, 3.63) is 22.8 Å². The van der Waals surface area contributed by atoms with Crippen LogP contribution in [0.2, 0.25) is 0 Å². The highest BCUT2D eigenvalue weighted by atomic mass is 16.4. The quantitative estimate of drug-likeness (QED) is 0.649. The van der Waals surface area contributed by atoms with Gasteiger partial charge < -0.3 is 5.11 Å². The normalized spacial score (nSPS) is 21.2. The van der Waals surface area contributed by atoms with Crippen molar-refractivity contribution < 1.29 is 9.90 Å². The number of hydrogen-bond acceptors (Lipinski definition) is 1. The molecule has 66 valence electrons. The van der Waals surface area contributed by atoms with Crippen molar-refractivity contribution in [1.82, 2.24) is 0 Å². The summed E-state index contributed by atoms with van der Waals surface area (Å²) >= 11 is 0. The highest BCUT2D eigenvalue weighted by molar-refractivity contribution is 5.91. The summed E-state index contributed by atoms with van der Waals surface area (Å²) in [6.45, 7) is 7.83. The van der Waals surface area contributed by atoms with Gasteiger partial charge in [-0.15, -0.1) is 0 Å². The van der Waals surface area contributed by atoms with Crippen LogP contribution in [0.1, 0.15) is 27.7 Å². The van der Waals surface area contributed by atoms with Gasteiger partial charge >= 0.3 is 5.97 Å². The molecule has 1 aliphatic carbocycles. The van der Waals surface area contributed by atoms with Crippen molar-refractivity contribution in [3.8, 4) is 0 Å². The van der Waals surface area contributed by atoms with Crippen LogP contribution < -0.4 is 0 Å². The second-order valence-corrected chi connectivity index (χ2v) is 3.80. The Hall–Kier alpha value is -1.05. The maximum absolute atomic E-state index is 10.8. The molecule has 0 aromatic heterocycles. The zero-order valence-electron chi connectivity index (χ0n) is 7.93. The molecule has 2 heteroatoms. The average Bonchev–Trinajstić information content (AvgIpc) is 2.13.